The van der Waals surface area contributed by atoms with Crippen molar-refractivity contribution in [1.82, 2.24) is 14.9 Å². The van der Waals surface area contributed by atoms with Crippen LogP contribution in [-0.2, 0) is 17.9 Å². The first-order valence-electron chi connectivity index (χ1n) is 10.2. The van der Waals surface area contributed by atoms with E-state index < -0.39 is 0 Å². The number of hydrogen-bond acceptors (Lipinski definition) is 3. The Morgan fingerprint density at radius 1 is 1.07 bits per heavy atom. The molecule has 2 saturated carbocycles. The predicted octanol–water partition coefficient (Wildman–Crippen LogP) is 3.07. The van der Waals surface area contributed by atoms with Crippen LogP contribution >= 0.6 is 0 Å². The Labute approximate surface area is 164 Å². The van der Waals surface area contributed by atoms with Crippen molar-refractivity contribution in [2.45, 2.75) is 38.4 Å². The molecule has 5 nitrogen and oxygen atoms in total. The number of hydrogen-bond donors (Lipinski definition) is 2. The molecule has 1 heterocycles. The zero-order chi connectivity index (χ0) is 19.1. The van der Waals surface area contributed by atoms with E-state index in [1.807, 2.05) is 24.5 Å². The molecule has 5 rings (SSSR count). The van der Waals surface area contributed by atoms with Gasteiger partial charge in [-0.2, -0.15) is 0 Å². The third-order valence-corrected chi connectivity index (χ3v) is 6.65. The fourth-order valence-electron chi connectivity index (χ4n) is 5.13. The third kappa shape index (κ3) is 3.10. The summed E-state index contributed by atoms with van der Waals surface area (Å²) in [6, 6.07) is 16.6. The van der Waals surface area contributed by atoms with Gasteiger partial charge in [-0.3, -0.25) is 4.79 Å². The average Bonchev–Trinajstić information content (AvgIpc) is 3.42. The number of rotatable bonds is 5. The van der Waals surface area contributed by atoms with Crippen LogP contribution in [0.2, 0.25) is 0 Å². The number of amides is 1. The van der Waals surface area contributed by atoms with E-state index in [9.17, 15) is 4.79 Å². The van der Waals surface area contributed by atoms with Gasteiger partial charge in [0, 0.05) is 19.1 Å². The van der Waals surface area contributed by atoms with E-state index in [4.69, 9.17) is 5.73 Å². The molecule has 4 unspecified atom stereocenters. The van der Waals surface area contributed by atoms with E-state index >= 15 is 0 Å². The fourth-order valence-corrected chi connectivity index (χ4v) is 5.13. The maximum Gasteiger partial charge on any atom is 0.225 e. The lowest BCUT2D eigenvalue weighted by atomic mass is 9.84. The summed E-state index contributed by atoms with van der Waals surface area (Å²) >= 11 is 0. The smallest absolute Gasteiger partial charge is 0.225 e. The van der Waals surface area contributed by atoms with Gasteiger partial charge in [0.2, 0.25) is 5.91 Å². The summed E-state index contributed by atoms with van der Waals surface area (Å²) in [5, 5.41) is 3.11. The van der Waals surface area contributed by atoms with Gasteiger partial charge in [-0.15, -0.1) is 0 Å². The number of fused-ring (bicyclic) bond motifs is 3. The molecule has 2 fully saturated rings. The Morgan fingerprint density at radius 3 is 2.61 bits per heavy atom. The molecule has 144 valence electrons. The van der Waals surface area contributed by atoms with E-state index in [0.717, 1.165) is 36.0 Å². The molecule has 1 amide bonds. The van der Waals surface area contributed by atoms with Crippen LogP contribution in [0.3, 0.4) is 0 Å². The number of aromatic nitrogens is 2. The van der Waals surface area contributed by atoms with E-state index in [1.165, 1.54) is 12.0 Å². The Hall–Kier alpha value is -2.66. The highest BCUT2D eigenvalue weighted by Gasteiger charge is 2.48. The third-order valence-electron chi connectivity index (χ3n) is 6.65. The van der Waals surface area contributed by atoms with E-state index in [0.29, 0.717) is 18.4 Å². The summed E-state index contributed by atoms with van der Waals surface area (Å²) in [5.41, 5.74) is 10.8. The molecule has 4 atom stereocenters. The predicted molar refractivity (Wildman–Crippen MR) is 109 cm³/mol. The van der Waals surface area contributed by atoms with Crippen LogP contribution in [0.1, 0.15) is 30.4 Å². The highest BCUT2D eigenvalue weighted by Crippen LogP contribution is 2.47. The quantitative estimate of drug-likeness (QED) is 0.721. The van der Waals surface area contributed by atoms with Gasteiger partial charge in [0.1, 0.15) is 0 Å². The molecule has 0 radical (unpaired) electrons. The van der Waals surface area contributed by atoms with Crippen molar-refractivity contribution >= 4 is 16.9 Å². The summed E-state index contributed by atoms with van der Waals surface area (Å²) in [7, 11) is 0. The second-order valence-corrected chi connectivity index (χ2v) is 8.33. The first-order chi connectivity index (χ1) is 13.7. The maximum atomic E-state index is 12.6. The standard InChI is InChI=1S/C23H26N4O/c24-22-18-10-9-17(11-18)21(22)23(28)25-12-15-5-7-16(8-6-15)13-27-14-26-19-3-1-2-4-20(19)27/h1-8,14,17-18,21-22H,9-13,24H2,(H,25,28). The molecule has 3 aromatic rings. The average molecular weight is 374 g/mol. The molecule has 0 saturated heterocycles. The van der Waals surface area contributed by atoms with Crippen molar-refractivity contribution in [3.63, 3.8) is 0 Å². The first-order valence-corrected chi connectivity index (χ1v) is 10.2. The summed E-state index contributed by atoms with van der Waals surface area (Å²) in [6.45, 7) is 1.35. The second-order valence-electron chi connectivity index (χ2n) is 8.33. The van der Waals surface area contributed by atoms with Crippen molar-refractivity contribution in [2.24, 2.45) is 23.5 Å². The highest BCUT2D eigenvalue weighted by atomic mass is 16.1. The molecule has 0 aliphatic heterocycles. The lowest BCUT2D eigenvalue weighted by molar-refractivity contribution is -0.127. The molecule has 5 heteroatoms. The lowest BCUT2D eigenvalue weighted by Crippen LogP contribution is -2.45. The Balaban J connectivity index is 1.20. The van der Waals surface area contributed by atoms with Gasteiger partial charge >= 0.3 is 0 Å². The van der Waals surface area contributed by atoms with Crippen molar-refractivity contribution in [1.29, 1.82) is 0 Å². The first kappa shape index (κ1) is 17.4. The minimum atomic E-state index is 0.00699. The summed E-state index contributed by atoms with van der Waals surface area (Å²) < 4.78 is 2.16. The number of nitrogens with two attached hydrogens (primary N) is 1. The largest absolute Gasteiger partial charge is 0.352 e. The molecule has 2 aromatic carbocycles. The number of carbonyl (C=O) groups excluding carboxylic acids is 1. The number of nitrogens with zero attached hydrogens (tertiary/aromatic N) is 2. The molecular weight excluding hydrogens is 348 g/mol. The number of imidazole rings is 1. The van der Waals surface area contributed by atoms with Crippen LogP contribution < -0.4 is 11.1 Å². The normalized spacial score (nSPS) is 26.0. The Kier molecular flexibility index (Phi) is 4.40. The highest BCUT2D eigenvalue weighted by molar-refractivity contribution is 5.80. The Bertz CT molecular complexity index is 991. The summed E-state index contributed by atoms with van der Waals surface area (Å²) in [5.74, 6) is 1.19. The van der Waals surface area contributed by atoms with Gasteiger partial charge < -0.3 is 15.6 Å². The van der Waals surface area contributed by atoms with Gasteiger partial charge in [0.05, 0.1) is 23.3 Å². The van der Waals surface area contributed by atoms with Crippen molar-refractivity contribution < 1.29 is 4.79 Å². The molecule has 2 aliphatic carbocycles. The van der Waals surface area contributed by atoms with Crippen LogP contribution in [0.25, 0.3) is 11.0 Å². The Morgan fingerprint density at radius 2 is 1.82 bits per heavy atom. The molecule has 3 N–H and O–H groups in total. The minimum Gasteiger partial charge on any atom is -0.352 e. The van der Waals surface area contributed by atoms with Gasteiger partial charge in [-0.1, -0.05) is 36.4 Å². The van der Waals surface area contributed by atoms with Crippen LogP contribution in [-0.4, -0.2) is 21.5 Å². The van der Waals surface area contributed by atoms with Crippen LogP contribution in [0.5, 0.6) is 0 Å². The van der Waals surface area contributed by atoms with Gasteiger partial charge in [0.15, 0.2) is 0 Å². The van der Waals surface area contributed by atoms with Crippen molar-refractivity contribution in [2.75, 3.05) is 0 Å². The summed E-state index contributed by atoms with van der Waals surface area (Å²) in [4.78, 5) is 17.1. The second kappa shape index (κ2) is 7.06. The zero-order valence-corrected chi connectivity index (χ0v) is 15.9. The van der Waals surface area contributed by atoms with Crippen LogP contribution in [0.4, 0.5) is 0 Å². The SMILES string of the molecule is NC1C2CCC(C2)C1C(=O)NCc1ccc(Cn2cnc3ccccc32)cc1. The number of carbonyl (C=O) groups is 1. The molecule has 0 spiro atoms. The molecular formula is C23H26N4O. The number of nitrogens with one attached hydrogen (secondary N) is 1. The van der Waals surface area contributed by atoms with Crippen molar-refractivity contribution in [3.05, 3.63) is 66.0 Å². The van der Waals surface area contributed by atoms with Crippen LogP contribution in [0.15, 0.2) is 54.9 Å². The lowest BCUT2D eigenvalue weighted by Gasteiger charge is -2.27. The maximum absolute atomic E-state index is 12.6. The fraction of sp³-hybridized carbons (Fsp3) is 0.391. The van der Waals surface area contributed by atoms with Crippen molar-refractivity contribution in [3.8, 4) is 0 Å². The topological polar surface area (TPSA) is 72.9 Å². The monoisotopic (exact) mass is 374 g/mol. The van der Waals surface area contributed by atoms with Gasteiger partial charge in [-0.25, -0.2) is 4.98 Å². The van der Waals surface area contributed by atoms with Gasteiger partial charge in [-0.05, 0) is 54.4 Å². The van der Waals surface area contributed by atoms with Gasteiger partial charge in [0.25, 0.3) is 0 Å². The number of para-hydroxylation sites is 2. The summed E-state index contributed by atoms with van der Waals surface area (Å²) in [6.07, 6.45) is 5.38. The molecule has 2 aliphatic rings. The van der Waals surface area contributed by atoms with E-state index in [1.54, 1.807) is 0 Å². The van der Waals surface area contributed by atoms with Crippen LogP contribution in [0, 0.1) is 17.8 Å². The molecule has 2 bridgehead atoms. The molecule has 28 heavy (non-hydrogen) atoms. The minimum absolute atomic E-state index is 0.00699. The zero-order valence-electron chi connectivity index (χ0n) is 15.9. The van der Waals surface area contributed by atoms with E-state index in [2.05, 4.69) is 45.2 Å². The van der Waals surface area contributed by atoms with E-state index in [-0.39, 0.29) is 17.9 Å². The molecule has 1 aromatic heterocycles. The number of benzene rings is 2.